The van der Waals surface area contributed by atoms with Crippen molar-refractivity contribution in [2.45, 2.75) is 70.6 Å². The van der Waals surface area contributed by atoms with Gasteiger partial charge in [0.15, 0.2) is 5.82 Å². The molecule has 0 radical (unpaired) electrons. The molecule has 1 N–H and O–H groups in total. The first kappa shape index (κ1) is 21.2. The van der Waals surface area contributed by atoms with Crippen molar-refractivity contribution in [2.24, 2.45) is 0 Å². The van der Waals surface area contributed by atoms with Gasteiger partial charge < -0.3 is 14.8 Å². The summed E-state index contributed by atoms with van der Waals surface area (Å²) in [7, 11) is 1.53. The van der Waals surface area contributed by atoms with E-state index >= 15 is 0 Å². The number of halogens is 3. The lowest BCUT2D eigenvalue weighted by atomic mass is 9.98. The maximum atomic E-state index is 13.1. The monoisotopic (exact) mass is 389 g/mol. The predicted molar refractivity (Wildman–Crippen MR) is 91.7 cm³/mol. The first-order valence-corrected chi connectivity index (χ1v) is 9.23. The van der Waals surface area contributed by atoms with Crippen molar-refractivity contribution in [2.75, 3.05) is 13.6 Å². The molecular formula is C17H26F3N5O2. The molecule has 0 aromatic carbocycles. The van der Waals surface area contributed by atoms with E-state index in [4.69, 9.17) is 0 Å². The number of likely N-dealkylation sites (N-methyl/N-ethyl adjacent to an activating group) is 1. The quantitative estimate of drug-likeness (QED) is 0.693. The van der Waals surface area contributed by atoms with Gasteiger partial charge >= 0.3 is 6.18 Å². The van der Waals surface area contributed by atoms with Crippen LogP contribution < -0.4 is 5.32 Å². The Morgan fingerprint density at radius 3 is 2.70 bits per heavy atom. The lowest BCUT2D eigenvalue weighted by molar-refractivity contribution is -0.156. The third-order valence-corrected chi connectivity index (χ3v) is 4.69. The maximum Gasteiger partial charge on any atom is 0.398 e. The normalized spacial score (nSPS) is 16.7. The minimum absolute atomic E-state index is 0.000462. The Kier molecular flexibility index (Phi) is 7.20. The van der Waals surface area contributed by atoms with Gasteiger partial charge in [-0.15, -0.1) is 10.2 Å². The number of unbranched alkanes of at least 4 members (excludes halogenated alkanes) is 2. The average Bonchev–Trinajstić information content (AvgIpc) is 3.02. The number of hydrogen-bond acceptors (Lipinski definition) is 4. The van der Waals surface area contributed by atoms with Crippen molar-refractivity contribution in [3.05, 3.63) is 11.6 Å². The van der Waals surface area contributed by atoms with Gasteiger partial charge in [-0.05, 0) is 19.3 Å². The van der Waals surface area contributed by atoms with Crippen molar-refractivity contribution in [3.63, 3.8) is 0 Å². The fraction of sp³-hybridized carbons (Fsp3) is 0.765. The highest BCUT2D eigenvalue weighted by atomic mass is 19.4. The third-order valence-electron chi connectivity index (χ3n) is 4.69. The van der Waals surface area contributed by atoms with Crippen molar-refractivity contribution in [1.82, 2.24) is 25.0 Å². The third kappa shape index (κ3) is 5.67. The van der Waals surface area contributed by atoms with E-state index in [9.17, 15) is 22.8 Å². The van der Waals surface area contributed by atoms with Gasteiger partial charge in [-0.2, -0.15) is 13.2 Å². The predicted octanol–water partition coefficient (Wildman–Crippen LogP) is 2.37. The Labute approximate surface area is 156 Å². The Morgan fingerprint density at radius 2 is 2.04 bits per heavy atom. The fourth-order valence-corrected chi connectivity index (χ4v) is 3.09. The molecule has 0 spiro atoms. The topological polar surface area (TPSA) is 80.1 Å². The molecule has 1 aliphatic heterocycles. The van der Waals surface area contributed by atoms with E-state index in [1.807, 2.05) is 6.92 Å². The first-order valence-electron chi connectivity index (χ1n) is 9.23. The maximum absolute atomic E-state index is 13.1. The van der Waals surface area contributed by atoms with Crippen LogP contribution >= 0.6 is 0 Å². The lowest BCUT2D eigenvalue weighted by Crippen LogP contribution is -2.38. The molecule has 0 fully saturated rings. The summed E-state index contributed by atoms with van der Waals surface area (Å²) in [5.74, 6) is -1.90. The molecule has 0 bridgehead atoms. The highest BCUT2D eigenvalue weighted by Gasteiger charge is 2.45. The van der Waals surface area contributed by atoms with Gasteiger partial charge in [-0.25, -0.2) is 0 Å². The number of alkyl halides is 3. The Morgan fingerprint density at radius 1 is 1.30 bits per heavy atom. The smallest absolute Gasteiger partial charge is 0.347 e. The van der Waals surface area contributed by atoms with Gasteiger partial charge in [-0.1, -0.05) is 19.8 Å². The highest BCUT2D eigenvalue weighted by Crippen LogP contribution is 2.40. The van der Waals surface area contributed by atoms with Crippen LogP contribution in [0.2, 0.25) is 0 Å². The number of carbonyl (C=O) groups is 2. The summed E-state index contributed by atoms with van der Waals surface area (Å²) in [6.07, 6.45) is -0.856. The van der Waals surface area contributed by atoms with Crippen LogP contribution in [0.4, 0.5) is 13.2 Å². The van der Waals surface area contributed by atoms with E-state index < -0.39 is 12.1 Å². The Balaban J connectivity index is 1.91. The summed E-state index contributed by atoms with van der Waals surface area (Å²) in [4.78, 5) is 25.2. The Hall–Kier alpha value is -2.13. The minimum Gasteiger partial charge on any atom is -0.347 e. The van der Waals surface area contributed by atoms with Crippen LogP contribution in [0.1, 0.15) is 63.0 Å². The zero-order chi connectivity index (χ0) is 20.0. The number of hydrogen-bond donors (Lipinski definition) is 1. The second kappa shape index (κ2) is 9.18. The molecule has 1 unspecified atom stereocenters. The molecule has 10 heteroatoms. The van der Waals surface area contributed by atoms with E-state index in [1.54, 1.807) is 0 Å². The van der Waals surface area contributed by atoms with Gasteiger partial charge in [0.1, 0.15) is 11.7 Å². The van der Waals surface area contributed by atoms with Gasteiger partial charge in [-0.3, -0.25) is 9.59 Å². The molecule has 2 heterocycles. The molecule has 1 aromatic heterocycles. The number of fused-ring (bicyclic) bond motifs is 1. The summed E-state index contributed by atoms with van der Waals surface area (Å²) in [5, 5.41) is 10.1. The van der Waals surface area contributed by atoms with Crippen LogP contribution in [0, 0.1) is 0 Å². The zero-order valence-corrected chi connectivity index (χ0v) is 15.7. The molecular weight excluding hydrogens is 363 g/mol. The molecule has 0 saturated heterocycles. The standard InChI is InChI=1S/C17H26F3N5O2/c1-3-4-5-8-14(26)21-10-15(27)24(2)11-13-22-23-16-12(17(18,19)20)7-6-9-25(13)16/h12H,3-11H2,1-2H3,(H,21,26). The van der Waals surface area contributed by atoms with E-state index in [2.05, 4.69) is 15.5 Å². The molecule has 1 aromatic rings. The number of aromatic nitrogens is 3. The zero-order valence-electron chi connectivity index (χ0n) is 15.7. The minimum atomic E-state index is -4.35. The highest BCUT2D eigenvalue weighted by molar-refractivity contribution is 5.84. The number of nitrogens with one attached hydrogen (secondary N) is 1. The van der Waals surface area contributed by atoms with Gasteiger partial charge in [0, 0.05) is 20.0 Å². The van der Waals surface area contributed by atoms with Crippen LogP contribution in [0.3, 0.4) is 0 Å². The number of carbonyl (C=O) groups excluding carboxylic acids is 2. The van der Waals surface area contributed by atoms with Crippen molar-refractivity contribution in [1.29, 1.82) is 0 Å². The van der Waals surface area contributed by atoms with Gasteiger partial charge in [0.05, 0.1) is 13.1 Å². The second-order valence-corrected chi connectivity index (χ2v) is 6.85. The Bertz CT molecular complexity index is 659. The van der Waals surface area contributed by atoms with E-state index in [-0.39, 0.29) is 37.1 Å². The number of nitrogens with zero attached hydrogens (tertiary/aromatic N) is 4. The molecule has 152 valence electrons. The van der Waals surface area contributed by atoms with E-state index in [1.165, 1.54) is 16.5 Å². The lowest BCUT2D eigenvalue weighted by Gasteiger charge is -2.26. The first-order chi connectivity index (χ1) is 12.7. The van der Waals surface area contributed by atoms with Crippen LogP contribution in [0.25, 0.3) is 0 Å². The summed E-state index contributed by atoms with van der Waals surface area (Å²) < 4.78 is 40.8. The molecule has 2 rings (SSSR count). The SMILES string of the molecule is CCCCCC(=O)NCC(=O)N(C)Cc1nnc2n1CCCC2C(F)(F)F. The molecule has 2 amide bonds. The van der Waals surface area contributed by atoms with Crippen LogP contribution in [-0.2, 0) is 22.7 Å². The number of amides is 2. The van der Waals surface area contributed by atoms with Gasteiger partial charge in [0.2, 0.25) is 11.8 Å². The summed E-state index contributed by atoms with van der Waals surface area (Å²) >= 11 is 0. The van der Waals surface area contributed by atoms with Crippen molar-refractivity contribution in [3.8, 4) is 0 Å². The van der Waals surface area contributed by atoms with Crippen LogP contribution in [-0.4, -0.2) is 51.2 Å². The van der Waals surface area contributed by atoms with Gasteiger partial charge in [0.25, 0.3) is 0 Å². The largest absolute Gasteiger partial charge is 0.398 e. The summed E-state index contributed by atoms with van der Waals surface area (Å²) in [6, 6.07) is 0. The molecule has 7 nitrogen and oxygen atoms in total. The molecule has 0 aliphatic carbocycles. The second-order valence-electron chi connectivity index (χ2n) is 6.85. The molecule has 27 heavy (non-hydrogen) atoms. The molecule has 1 atom stereocenters. The number of rotatable bonds is 8. The fourth-order valence-electron chi connectivity index (χ4n) is 3.09. The van der Waals surface area contributed by atoms with E-state index in [0.717, 1.165) is 19.3 Å². The summed E-state index contributed by atoms with van der Waals surface area (Å²) in [6.45, 7) is 2.34. The molecule has 0 saturated carbocycles. The average molecular weight is 389 g/mol. The van der Waals surface area contributed by atoms with Crippen molar-refractivity contribution >= 4 is 11.8 Å². The molecule has 1 aliphatic rings. The van der Waals surface area contributed by atoms with Crippen LogP contribution in [0.15, 0.2) is 0 Å². The van der Waals surface area contributed by atoms with Crippen molar-refractivity contribution < 1.29 is 22.8 Å². The van der Waals surface area contributed by atoms with Crippen LogP contribution in [0.5, 0.6) is 0 Å². The summed E-state index contributed by atoms with van der Waals surface area (Å²) in [5.41, 5.74) is 0. The van der Waals surface area contributed by atoms with E-state index in [0.29, 0.717) is 25.2 Å².